The van der Waals surface area contributed by atoms with Gasteiger partial charge in [0.1, 0.15) is 5.25 Å². The summed E-state index contributed by atoms with van der Waals surface area (Å²) in [5, 5.41) is 1.59. The van der Waals surface area contributed by atoms with Crippen molar-refractivity contribution in [2.75, 3.05) is 12.8 Å². The van der Waals surface area contributed by atoms with Crippen LogP contribution in [-0.2, 0) is 14.6 Å². The van der Waals surface area contributed by atoms with Gasteiger partial charge in [-0.05, 0) is 26.7 Å². The summed E-state index contributed by atoms with van der Waals surface area (Å²) in [6.45, 7) is 3.75. The van der Waals surface area contributed by atoms with Gasteiger partial charge in [0.2, 0.25) is 5.91 Å². The molecule has 0 saturated carbocycles. The molecule has 5 nitrogen and oxygen atoms in total. The van der Waals surface area contributed by atoms with Gasteiger partial charge in [0, 0.05) is 18.8 Å². The van der Waals surface area contributed by atoms with E-state index in [2.05, 4.69) is 5.32 Å². The van der Waals surface area contributed by atoms with Gasteiger partial charge in [-0.3, -0.25) is 4.79 Å². The zero-order valence-electron chi connectivity index (χ0n) is 9.49. The number of sulfone groups is 1. The lowest BCUT2D eigenvalue weighted by Gasteiger charge is -2.10. The summed E-state index contributed by atoms with van der Waals surface area (Å²) < 4.78 is 22.1. The molecule has 3 N–H and O–H groups in total. The first kappa shape index (κ1) is 14.4. The molecule has 0 spiro atoms. The Morgan fingerprint density at radius 1 is 1.40 bits per heavy atom. The Labute approximate surface area is 91.3 Å². The first-order chi connectivity index (χ1) is 6.75. The van der Waals surface area contributed by atoms with E-state index in [1.165, 1.54) is 6.92 Å². The molecule has 2 unspecified atom stereocenters. The maximum atomic E-state index is 11.3. The zero-order chi connectivity index (χ0) is 12.1. The van der Waals surface area contributed by atoms with E-state index in [-0.39, 0.29) is 6.04 Å². The third-order valence-electron chi connectivity index (χ3n) is 2.15. The highest BCUT2D eigenvalue weighted by Crippen LogP contribution is 1.98. The van der Waals surface area contributed by atoms with E-state index < -0.39 is 21.0 Å². The van der Waals surface area contributed by atoms with Crippen LogP contribution in [0.5, 0.6) is 0 Å². The Balaban J connectivity index is 3.86. The fraction of sp³-hybridized carbons (Fsp3) is 0.889. The molecular formula is C9H20N2O3S. The third kappa shape index (κ3) is 6.46. The van der Waals surface area contributed by atoms with Crippen LogP contribution in [0.15, 0.2) is 0 Å². The van der Waals surface area contributed by atoms with Crippen molar-refractivity contribution in [3.05, 3.63) is 0 Å². The van der Waals surface area contributed by atoms with E-state index in [0.717, 1.165) is 19.1 Å². The molecule has 0 aromatic heterocycles. The van der Waals surface area contributed by atoms with Crippen LogP contribution in [0.1, 0.15) is 26.7 Å². The molecule has 0 aromatic rings. The van der Waals surface area contributed by atoms with Gasteiger partial charge in [0.25, 0.3) is 0 Å². The molecule has 0 fully saturated rings. The highest BCUT2D eigenvalue weighted by molar-refractivity contribution is 7.92. The van der Waals surface area contributed by atoms with Crippen molar-refractivity contribution >= 4 is 15.7 Å². The molecule has 0 radical (unpaired) electrons. The molecule has 90 valence electrons. The monoisotopic (exact) mass is 236 g/mol. The Hall–Kier alpha value is -0.620. The second-order valence-electron chi connectivity index (χ2n) is 3.88. The van der Waals surface area contributed by atoms with E-state index in [0.29, 0.717) is 6.54 Å². The summed E-state index contributed by atoms with van der Waals surface area (Å²) in [5.41, 5.74) is 5.53. The number of hydrogen-bond donors (Lipinski definition) is 2. The number of rotatable bonds is 6. The van der Waals surface area contributed by atoms with Gasteiger partial charge in [0.05, 0.1) is 0 Å². The largest absolute Gasteiger partial charge is 0.355 e. The average Bonchev–Trinajstić information content (AvgIpc) is 2.09. The van der Waals surface area contributed by atoms with Crippen LogP contribution in [-0.4, -0.2) is 38.4 Å². The molecule has 0 aliphatic heterocycles. The van der Waals surface area contributed by atoms with E-state index in [1.807, 2.05) is 6.92 Å². The molecule has 0 bridgehead atoms. The zero-order valence-corrected chi connectivity index (χ0v) is 10.3. The molecule has 0 rings (SSSR count). The van der Waals surface area contributed by atoms with Crippen LogP contribution in [0, 0.1) is 0 Å². The van der Waals surface area contributed by atoms with Gasteiger partial charge in [-0.25, -0.2) is 8.42 Å². The van der Waals surface area contributed by atoms with Crippen molar-refractivity contribution < 1.29 is 13.2 Å². The Bertz CT molecular complexity index is 298. The van der Waals surface area contributed by atoms with Crippen molar-refractivity contribution in [2.24, 2.45) is 5.73 Å². The highest BCUT2D eigenvalue weighted by Gasteiger charge is 2.22. The van der Waals surface area contributed by atoms with E-state index in [1.54, 1.807) is 0 Å². The minimum absolute atomic E-state index is 0.106. The van der Waals surface area contributed by atoms with Crippen LogP contribution in [0.4, 0.5) is 0 Å². The minimum Gasteiger partial charge on any atom is -0.355 e. The number of nitrogens with one attached hydrogen (secondary N) is 1. The molecule has 0 aliphatic carbocycles. The highest BCUT2D eigenvalue weighted by atomic mass is 32.2. The SMILES string of the molecule is CC(N)CCCNC(=O)C(C)S(C)(=O)=O. The average molecular weight is 236 g/mol. The van der Waals surface area contributed by atoms with Crippen LogP contribution >= 0.6 is 0 Å². The Morgan fingerprint density at radius 3 is 2.33 bits per heavy atom. The summed E-state index contributed by atoms with van der Waals surface area (Å²) >= 11 is 0. The molecule has 2 atom stereocenters. The van der Waals surface area contributed by atoms with Gasteiger partial charge >= 0.3 is 0 Å². The third-order valence-corrected chi connectivity index (χ3v) is 3.65. The first-order valence-corrected chi connectivity index (χ1v) is 6.92. The van der Waals surface area contributed by atoms with E-state index in [4.69, 9.17) is 5.73 Å². The molecule has 0 saturated heterocycles. The summed E-state index contributed by atoms with van der Waals surface area (Å²) in [6, 6.07) is 0.106. The maximum Gasteiger partial charge on any atom is 0.238 e. The van der Waals surface area contributed by atoms with Crippen molar-refractivity contribution in [1.29, 1.82) is 0 Å². The number of carbonyl (C=O) groups excluding carboxylic acids is 1. The fourth-order valence-corrected chi connectivity index (χ4v) is 1.45. The first-order valence-electron chi connectivity index (χ1n) is 4.97. The topological polar surface area (TPSA) is 89.3 Å². The Kier molecular flexibility index (Phi) is 5.82. The number of carbonyl (C=O) groups is 1. The summed E-state index contributed by atoms with van der Waals surface area (Å²) in [6.07, 6.45) is 2.63. The standard InChI is InChI=1S/C9H20N2O3S/c1-7(10)5-4-6-11-9(12)8(2)15(3,13)14/h7-8H,4-6,10H2,1-3H3,(H,11,12). The summed E-state index contributed by atoms with van der Waals surface area (Å²) in [5.74, 6) is -0.442. The minimum atomic E-state index is -3.29. The van der Waals surface area contributed by atoms with Gasteiger partial charge in [-0.2, -0.15) is 0 Å². The molecule has 1 amide bonds. The van der Waals surface area contributed by atoms with Gasteiger partial charge in [-0.1, -0.05) is 0 Å². The molecular weight excluding hydrogens is 216 g/mol. The lowest BCUT2D eigenvalue weighted by atomic mass is 10.2. The van der Waals surface area contributed by atoms with Crippen LogP contribution in [0.3, 0.4) is 0 Å². The van der Waals surface area contributed by atoms with Crippen molar-refractivity contribution in [2.45, 2.75) is 38.0 Å². The van der Waals surface area contributed by atoms with Crippen LogP contribution < -0.4 is 11.1 Å². The lowest BCUT2D eigenvalue weighted by molar-refractivity contribution is -0.120. The molecule has 6 heteroatoms. The van der Waals surface area contributed by atoms with Crippen molar-refractivity contribution in [1.82, 2.24) is 5.32 Å². The molecule has 15 heavy (non-hydrogen) atoms. The number of hydrogen-bond acceptors (Lipinski definition) is 4. The predicted molar refractivity (Wildman–Crippen MR) is 60.2 cm³/mol. The van der Waals surface area contributed by atoms with Gasteiger partial charge in [-0.15, -0.1) is 0 Å². The Morgan fingerprint density at radius 2 is 1.93 bits per heavy atom. The van der Waals surface area contributed by atoms with Gasteiger partial charge in [0.15, 0.2) is 9.84 Å². The quantitative estimate of drug-likeness (QED) is 0.618. The fourth-order valence-electron chi connectivity index (χ4n) is 0.974. The smallest absolute Gasteiger partial charge is 0.238 e. The molecule has 0 heterocycles. The lowest BCUT2D eigenvalue weighted by Crippen LogP contribution is -2.38. The predicted octanol–water partition coefficient (Wildman–Crippen LogP) is -0.337. The number of amides is 1. The molecule has 0 aliphatic rings. The van der Waals surface area contributed by atoms with E-state index >= 15 is 0 Å². The normalized spacial score (nSPS) is 15.7. The summed E-state index contributed by atoms with van der Waals surface area (Å²) in [7, 11) is -3.29. The van der Waals surface area contributed by atoms with Crippen LogP contribution in [0.2, 0.25) is 0 Å². The second-order valence-corrected chi connectivity index (χ2v) is 6.25. The van der Waals surface area contributed by atoms with Crippen LogP contribution in [0.25, 0.3) is 0 Å². The summed E-state index contributed by atoms with van der Waals surface area (Å²) in [4.78, 5) is 11.3. The van der Waals surface area contributed by atoms with E-state index in [9.17, 15) is 13.2 Å². The maximum absolute atomic E-state index is 11.3. The van der Waals surface area contributed by atoms with Gasteiger partial charge < -0.3 is 11.1 Å². The molecule has 0 aromatic carbocycles. The van der Waals surface area contributed by atoms with Crippen molar-refractivity contribution in [3.8, 4) is 0 Å². The number of nitrogens with two attached hydrogens (primary N) is 1. The second kappa shape index (κ2) is 6.07. The van der Waals surface area contributed by atoms with Crippen molar-refractivity contribution in [3.63, 3.8) is 0 Å².